The number of hydrogen-bond donors (Lipinski definition) is 1. The number of barbiturate groups is 1. The monoisotopic (exact) mass is 454 g/mol. The summed E-state index contributed by atoms with van der Waals surface area (Å²) in [6.45, 7) is 0.0101. The molecular weight excluding hydrogens is 440 g/mol. The molecule has 32 heavy (non-hydrogen) atoms. The van der Waals surface area contributed by atoms with E-state index in [0.29, 0.717) is 17.1 Å². The van der Waals surface area contributed by atoms with Gasteiger partial charge in [0.25, 0.3) is 11.8 Å². The third kappa shape index (κ3) is 3.79. The first-order valence-corrected chi connectivity index (χ1v) is 9.55. The Labute approximate surface area is 187 Å². The Balaban J connectivity index is 1.71. The van der Waals surface area contributed by atoms with Gasteiger partial charge in [-0.05, 0) is 35.9 Å². The van der Waals surface area contributed by atoms with Crippen molar-refractivity contribution in [2.24, 2.45) is 0 Å². The van der Waals surface area contributed by atoms with Gasteiger partial charge in [-0.15, -0.1) is 6.42 Å². The summed E-state index contributed by atoms with van der Waals surface area (Å²) in [5, 5.41) is 2.32. The lowest BCUT2D eigenvalue weighted by Gasteiger charge is -2.26. The fraction of sp³-hybridized carbons (Fsp3) is 0.136. The number of hydrogen-bond acceptors (Lipinski definition) is 7. The van der Waals surface area contributed by atoms with Crippen molar-refractivity contribution in [2.75, 3.05) is 25.4 Å². The number of carbonyl (C=O) groups is 3. The van der Waals surface area contributed by atoms with E-state index in [1.807, 2.05) is 0 Å². The van der Waals surface area contributed by atoms with Crippen molar-refractivity contribution in [3.05, 3.63) is 46.5 Å². The van der Waals surface area contributed by atoms with E-state index in [-0.39, 0.29) is 41.2 Å². The van der Waals surface area contributed by atoms with E-state index >= 15 is 0 Å². The predicted octanol–water partition coefficient (Wildman–Crippen LogP) is 2.76. The van der Waals surface area contributed by atoms with Crippen LogP contribution in [0.2, 0.25) is 5.02 Å². The van der Waals surface area contributed by atoms with Crippen LogP contribution < -0.4 is 29.2 Å². The summed E-state index contributed by atoms with van der Waals surface area (Å²) in [5.41, 5.74) is 0.305. The average Bonchev–Trinajstić information content (AvgIpc) is 3.23. The lowest BCUT2D eigenvalue weighted by Crippen LogP contribution is -2.54. The molecule has 0 aromatic heterocycles. The molecular formula is C22H15ClN2O7. The van der Waals surface area contributed by atoms with Crippen LogP contribution in [-0.2, 0) is 9.59 Å². The van der Waals surface area contributed by atoms with Crippen LogP contribution in [0.15, 0.2) is 35.9 Å². The number of fused-ring (bicyclic) bond motifs is 1. The van der Waals surface area contributed by atoms with Crippen molar-refractivity contribution >= 4 is 41.2 Å². The number of methoxy groups -OCH3 is 1. The van der Waals surface area contributed by atoms with Crippen LogP contribution in [0.5, 0.6) is 23.0 Å². The number of nitrogens with zero attached hydrogens (tertiary/aromatic N) is 1. The van der Waals surface area contributed by atoms with E-state index < -0.39 is 17.8 Å². The summed E-state index contributed by atoms with van der Waals surface area (Å²) < 4.78 is 21.2. The highest BCUT2D eigenvalue weighted by Gasteiger charge is 2.37. The number of imide groups is 2. The molecule has 162 valence electrons. The zero-order chi connectivity index (χ0) is 22.8. The Morgan fingerprint density at radius 2 is 2.00 bits per heavy atom. The molecule has 4 amide bonds. The summed E-state index contributed by atoms with van der Waals surface area (Å²) in [5.74, 6) is 2.01. The molecule has 0 spiro atoms. The number of anilines is 1. The van der Waals surface area contributed by atoms with E-state index in [1.165, 1.54) is 37.5 Å². The van der Waals surface area contributed by atoms with E-state index in [4.69, 9.17) is 37.0 Å². The van der Waals surface area contributed by atoms with Crippen molar-refractivity contribution < 1.29 is 33.3 Å². The van der Waals surface area contributed by atoms with Crippen molar-refractivity contribution in [3.63, 3.8) is 0 Å². The van der Waals surface area contributed by atoms with Crippen molar-refractivity contribution in [1.82, 2.24) is 5.32 Å². The van der Waals surface area contributed by atoms with Gasteiger partial charge in [0.05, 0.1) is 17.8 Å². The SMILES string of the molecule is C#CCOc1c(Cl)cc(/C=C2\C(=O)NC(=O)N(c3ccc4c(c3)OCO4)C2=O)cc1OC. The first kappa shape index (κ1) is 21.1. The molecule has 4 rings (SSSR count). The Hall–Kier alpha value is -4.16. The molecule has 1 saturated heterocycles. The molecule has 0 bridgehead atoms. The fourth-order valence-corrected chi connectivity index (χ4v) is 3.43. The summed E-state index contributed by atoms with van der Waals surface area (Å²) in [6, 6.07) is 6.67. The third-order valence-electron chi connectivity index (χ3n) is 4.58. The zero-order valence-electron chi connectivity index (χ0n) is 16.6. The van der Waals surface area contributed by atoms with Crippen LogP contribution in [0.1, 0.15) is 5.56 Å². The Morgan fingerprint density at radius 1 is 1.22 bits per heavy atom. The molecule has 2 heterocycles. The highest BCUT2D eigenvalue weighted by molar-refractivity contribution is 6.39. The topological polar surface area (TPSA) is 103 Å². The highest BCUT2D eigenvalue weighted by atomic mass is 35.5. The third-order valence-corrected chi connectivity index (χ3v) is 4.86. The molecule has 2 aliphatic rings. The van der Waals surface area contributed by atoms with Gasteiger partial charge in [-0.25, -0.2) is 9.69 Å². The number of terminal acetylenes is 1. The second-order valence-electron chi connectivity index (χ2n) is 6.52. The standard InChI is InChI=1S/C22H15ClN2O7/c1-3-6-30-19-15(23)8-12(9-18(19)29-2)7-14-20(26)24-22(28)25(21(14)27)13-4-5-16-17(10-13)32-11-31-16/h1,4-5,7-10H,6,11H2,2H3,(H,24,26,28)/b14-7+. The van der Waals surface area contributed by atoms with E-state index in [2.05, 4.69) is 11.2 Å². The molecule has 1 fully saturated rings. The summed E-state index contributed by atoms with van der Waals surface area (Å²) in [4.78, 5) is 38.8. The normalized spacial score (nSPS) is 16.1. The molecule has 2 aliphatic heterocycles. The molecule has 0 aliphatic carbocycles. The van der Waals surface area contributed by atoms with E-state index in [1.54, 1.807) is 6.07 Å². The molecule has 10 heteroatoms. The van der Waals surface area contributed by atoms with Gasteiger partial charge in [0.1, 0.15) is 12.2 Å². The number of rotatable bonds is 5. The quantitative estimate of drug-likeness (QED) is 0.421. The number of benzene rings is 2. The summed E-state index contributed by atoms with van der Waals surface area (Å²) in [6.07, 6.45) is 6.50. The predicted molar refractivity (Wildman–Crippen MR) is 114 cm³/mol. The molecule has 9 nitrogen and oxygen atoms in total. The zero-order valence-corrected chi connectivity index (χ0v) is 17.4. The number of urea groups is 1. The molecule has 0 saturated carbocycles. The molecule has 0 atom stereocenters. The van der Waals surface area contributed by atoms with Gasteiger partial charge in [-0.2, -0.15) is 0 Å². The smallest absolute Gasteiger partial charge is 0.335 e. The van der Waals surface area contributed by atoms with E-state index in [9.17, 15) is 14.4 Å². The second kappa shape index (κ2) is 8.53. The lowest BCUT2D eigenvalue weighted by molar-refractivity contribution is -0.122. The highest BCUT2D eigenvalue weighted by Crippen LogP contribution is 2.38. The molecule has 1 N–H and O–H groups in total. The van der Waals surface area contributed by atoms with Crippen LogP contribution in [0.3, 0.4) is 0 Å². The second-order valence-corrected chi connectivity index (χ2v) is 6.93. The Kier molecular flexibility index (Phi) is 5.62. The van der Waals surface area contributed by atoms with Crippen LogP contribution in [0.25, 0.3) is 6.08 Å². The molecule has 0 radical (unpaired) electrons. The van der Waals surface area contributed by atoms with Crippen molar-refractivity contribution in [3.8, 4) is 35.3 Å². The minimum absolute atomic E-state index is 0.0238. The first-order valence-electron chi connectivity index (χ1n) is 9.18. The number of ether oxygens (including phenoxy) is 4. The average molecular weight is 455 g/mol. The number of halogens is 1. The lowest BCUT2D eigenvalue weighted by atomic mass is 10.1. The van der Waals surface area contributed by atoms with Crippen molar-refractivity contribution in [2.45, 2.75) is 0 Å². The van der Waals surface area contributed by atoms with Crippen LogP contribution in [0.4, 0.5) is 10.5 Å². The Bertz CT molecular complexity index is 1220. The first-order chi connectivity index (χ1) is 15.4. The van der Waals surface area contributed by atoms with Gasteiger partial charge in [-0.1, -0.05) is 17.5 Å². The minimum Gasteiger partial charge on any atom is -0.493 e. The van der Waals surface area contributed by atoms with Crippen LogP contribution >= 0.6 is 11.6 Å². The molecule has 0 unspecified atom stereocenters. The van der Waals surface area contributed by atoms with Gasteiger partial charge in [-0.3, -0.25) is 14.9 Å². The van der Waals surface area contributed by atoms with Crippen LogP contribution in [0, 0.1) is 12.3 Å². The van der Waals surface area contributed by atoms with Gasteiger partial charge >= 0.3 is 6.03 Å². The maximum atomic E-state index is 13.1. The number of carbonyl (C=O) groups excluding carboxylic acids is 3. The van der Waals surface area contributed by atoms with Crippen molar-refractivity contribution in [1.29, 1.82) is 0 Å². The van der Waals surface area contributed by atoms with E-state index in [0.717, 1.165) is 4.90 Å². The summed E-state index contributed by atoms with van der Waals surface area (Å²) >= 11 is 6.26. The summed E-state index contributed by atoms with van der Waals surface area (Å²) in [7, 11) is 1.41. The largest absolute Gasteiger partial charge is 0.493 e. The van der Waals surface area contributed by atoms with Gasteiger partial charge < -0.3 is 18.9 Å². The van der Waals surface area contributed by atoms with Gasteiger partial charge in [0.15, 0.2) is 23.0 Å². The number of nitrogens with one attached hydrogen (secondary N) is 1. The fourth-order valence-electron chi connectivity index (χ4n) is 3.16. The minimum atomic E-state index is -0.885. The maximum absolute atomic E-state index is 13.1. The maximum Gasteiger partial charge on any atom is 0.335 e. The Morgan fingerprint density at radius 3 is 2.75 bits per heavy atom. The molecule has 2 aromatic carbocycles. The van der Waals surface area contributed by atoms with Crippen LogP contribution in [-0.4, -0.2) is 38.4 Å². The molecule has 2 aromatic rings. The number of amides is 4. The van der Waals surface area contributed by atoms with Gasteiger partial charge in [0, 0.05) is 6.07 Å². The van der Waals surface area contributed by atoms with Gasteiger partial charge in [0.2, 0.25) is 6.79 Å².